The summed E-state index contributed by atoms with van der Waals surface area (Å²) in [4.78, 5) is 19.3. The van der Waals surface area contributed by atoms with Crippen LogP contribution in [-0.2, 0) is 9.53 Å². The highest BCUT2D eigenvalue weighted by atomic mass is 32.2. The second kappa shape index (κ2) is 8.17. The fraction of sp³-hybridized carbons (Fsp3) is 0.333. The average Bonchev–Trinajstić information content (AvgIpc) is 3.11. The van der Waals surface area contributed by atoms with E-state index in [0.29, 0.717) is 11.9 Å². The van der Waals surface area contributed by atoms with E-state index >= 15 is 0 Å². The molecule has 0 aliphatic carbocycles. The largest absolute Gasteiger partial charge is 0.380 e. The Balaban J connectivity index is 1.50. The lowest BCUT2D eigenvalue weighted by Gasteiger charge is -2.18. The molecule has 1 atom stereocenters. The SMILES string of the molecule is CO[C@@H]1CCN(c2ccc(NC(=O)CSc3ccncc3)cc2)C1. The maximum Gasteiger partial charge on any atom is 0.234 e. The van der Waals surface area contributed by atoms with Crippen molar-refractivity contribution in [3.05, 3.63) is 48.8 Å². The van der Waals surface area contributed by atoms with Crippen LogP contribution >= 0.6 is 11.8 Å². The molecule has 2 aromatic rings. The highest BCUT2D eigenvalue weighted by Crippen LogP contribution is 2.23. The third-order valence-corrected chi connectivity index (χ3v) is 5.03. The van der Waals surface area contributed by atoms with E-state index < -0.39 is 0 Å². The number of carbonyl (C=O) groups is 1. The molecule has 1 aromatic carbocycles. The molecule has 1 N–H and O–H groups in total. The third-order valence-electron chi connectivity index (χ3n) is 4.01. The predicted molar refractivity (Wildman–Crippen MR) is 97.7 cm³/mol. The summed E-state index contributed by atoms with van der Waals surface area (Å²) in [5.74, 6) is 0.373. The standard InChI is InChI=1S/C18H21N3O2S/c1-23-16-8-11-21(12-16)15-4-2-14(3-5-15)20-18(22)13-24-17-6-9-19-10-7-17/h2-7,9-10,16H,8,11-13H2,1H3,(H,20,22)/t16-/m1/s1. The Hall–Kier alpha value is -2.05. The van der Waals surface area contributed by atoms with Crippen molar-refractivity contribution in [2.45, 2.75) is 17.4 Å². The Kier molecular flexibility index (Phi) is 5.72. The molecule has 1 aliphatic rings. The van der Waals surface area contributed by atoms with Crippen molar-refractivity contribution in [1.29, 1.82) is 0 Å². The molecule has 0 saturated carbocycles. The number of aromatic nitrogens is 1. The molecule has 0 radical (unpaired) electrons. The van der Waals surface area contributed by atoms with Gasteiger partial charge < -0.3 is 15.0 Å². The maximum atomic E-state index is 12.0. The number of benzene rings is 1. The number of anilines is 2. The number of rotatable bonds is 6. The molecule has 0 bridgehead atoms. The van der Waals surface area contributed by atoms with Gasteiger partial charge in [0.05, 0.1) is 11.9 Å². The van der Waals surface area contributed by atoms with E-state index in [1.807, 2.05) is 36.4 Å². The minimum Gasteiger partial charge on any atom is -0.380 e. The fourth-order valence-electron chi connectivity index (χ4n) is 2.69. The van der Waals surface area contributed by atoms with Crippen LogP contribution in [0, 0.1) is 0 Å². The van der Waals surface area contributed by atoms with Crippen molar-refractivity contribution in [1.82, 2.24) is 4.98 Å². The van der Waals surface area contributed by atoms with Gasteiger partial charge in [-0.2, -0.15) is 0 Å². The molecule has 1 fully saturated rings. The number of ether oxygens (including phenoxy) is 1. The third kappa shape index (κ3) is 4.49. The molecule has 24 heavy (non-hydrogen) atoms. The molecular formula is C18H21N3O2S. The zero-order valence-electron chi connectivity index (χ0n) is 13.6. The zero-order chi connectivity index (χ0) is 16.8. The highest BCUT2D eigenvalue weighted by molar-refractivity contribution is 8.00. The van der Waals surface area contributed by atoms with Crippen LogP contribution in [0.1, 0.15) is 6.42 Å². The topological polar surface area (TPSA) is 54.5 Å². The molecular weight excluding hydrogens is 322 g/mol. The first-order chi connectivity index (χ1) is 11.7. The molecule has 2 heterocycles. The molecule has 1 aromatic heterocycles. The summed E-state index contributed by atoms with van der Waals surface area (Å²) in [6.07, 6.45) is 4.83. The average molecular weight is 343 g/mol. The van der Waals surface area contributed by atoms with Crippen LogP contribution in [-0.4, -0.2) is 42.9 Å². The maximum absolute atomic E-state index is 12.0. The van der Waals surface area contributed by atoms with Gasteiger partial charge in [0.25, 0.3) is 0 Å². The van der Waals surface area contributed by atoms with Crippen LogP contribution in [0.15, 0.2) is 53.7 Å². The quantitative estimate of drug-likeness (QED) is 0.817. The molecule has 1 aliphatic heterocycles. The normalized spacial score (nSPS) is 17.0. The predicted octanol–water partition coefficient (Wildman–Crippen LogP) is 3.04. The van der Waals surface area contributed by atoms with Gasteiger partial charge in [0.1, 0.15) is 0 Å². The van der Waals surface area contributed by atoms with E-state index in [0.717, 1.165) is 30.1 Å². The van der Waals surface area contributed by atoms with E-state index in [-0.39, 0.29) is 5.91 Å². The molecule has 5 nitrogen and oxygen atoms in total. The lowest BCUT2D eigenvalue weighted by Crippen LogP contribution is -2.22. The summed E-state index contributed by atoms with van der Waals surface area (Å²) in [6.45, 7) is 1.93. The van der Waals surface area contributed by atoms with E-state index in [2.05, 4.69) is 15.2 Å². The molecule has 3 rings (SSSR count). The monoisotopic (exact) mass is 343 g/mol. The first-order valence-electron chi connectivity index (χ1n) is 7.95. The van der Waals surface area contributed by atoms with Crippen molar-refractivity contribution in [2.75, 3.05) is 36.2 Å². The second-order valence-corrected chi connectivity index (χ2v) is 6.71. The summed E-state index contributed by atoms with van der Waals surface area (Å²) in [5.41, 5.74) is 1.99. The number of carbonyl (C=O) groups excluding carboxylic acids is 1. The van der Waals surface area contributed by atoms with Crippen LogP contribution in [0.5, 0.6) is 0 Å². The van der Waals surface area contributed by atoms with E-state index in [9.17, 15) is 4.79 Å². The molecule has 1 amide bonds. The van der Waals surface area contributed by atoms with Gasteiger partial charge in [-0.25, -0.2) is 0 Å². The van der Waals surface area contributed by atoms with Crippen molar-refractivity contribution >= 4 is 29.0 Å². The number of pyridine rings is 1. The lowest BCUT2D eigenvalue weighted by atomic mass is 10.2. The van der Waals surface area contributed by atoms with E-state index in [4.69, 9.17) is 4.74 Å². The number of hydrogen-bond acceptors (Lipinski definition) is 5. The van der Waals surface area contributed by atoms with Crippen molar-refractivity contribution in [3.8, 4) is 0 Å². The summed E-state index contributed by atoms with van der Waals surface area (Å²) in [6, 6.07) is 11.8. The van der Waals surface area contributed by atoms with E-state index in [1.165, 1.54) is 17.4 Å². The highest BCUT2D eigenvalue weighted by Gasteiger charge is 2.22. The molecule has 6 heteroatoms. The Labute approximate surface area is 146 Å². The number of nitrogens with one attached hydrogen (secondary N) is 1. The van der Waals surface area contributed by atoms with E-state index in [1.54, 1.807) is 19.5 Å². The number of nitrogens with zero attached hydrogens (tertiary/aromatic N) is 2. The van der Waals surface area contributed by atoms with Gasteiger partial charge in [0.2, 0.25) is 5.91 Å². The molecule has 1 saturated heterocycles. The lowest BCUT2D eigenvalue weighted by molar-refractivity contribution is -0.113. The molecule has 0 unspecified atom stereocenters. The number of thioether (sulfide) groups is 1. The Morgan fingerprint density at radius 3 is 2.71 bits per heavy atom. The fourth-order valence-corrected chi connectivity index (χ4v) is 3.38. The first-order valence-corrected chi connectivity index (χ1v) is 8.93. The van der Waals surface area contributed by atoms with Gasteiger partial charge in [-0.1, -0.05) is 0 Å². The molecule has 0 spiro atoms. The smallest absolute Gasteiger partial charge is 0.234 e. The van der Waals surface area contributed by atoms with Gasteiger partial charge in [-0.3, -0.25) is 9.78 Å². The number of amides is 1. The van der Waals surface area contributed by atoms with Gasteiger partial charge in [0, 0.05) is 48.9 Å². The number of methoxy groups -OCH3 is 1. The number of hydrogen-bond donors (Lipinski definition) is 1. The second-order valence-electron chi connectivity index (χ2n) is 5.66. The van der Waals surface area contributed by atoms with Crippen LogP contribution in [0.2, 0.25) is 0 Å². The van der Waals surface area contributed by atoms with Crippen LogP contribution in [0.25, 0.3) is 0 Å². The van der Waals surface area contributed by atoms with Crippen LogP contribution in [0.3, 0.4) is 0 Å². The summed E-state index contributed by atoms with van der Waals surface area (Å²) >= 11 is 1.50. The summed E-state index contributed by atoms with van der Waals surface area (Å²) in [5, 5.41) is 2.93. The Bertz CT molecular complexity index is 664. The summed E-state index contributed by atoms with van der Waals surface area (Å²) in [7, 11) is 1.76. The Morgan fingerprint density at radius 1 is 1.29 bits per heavy atom. The van der Waals surface area contributed by atoms with Gasteiger partial charge >= 0.3 is 0 Å². The van der Waals surface area contributed by atoms with Crippen molar-refractivity contribution < 1.29 is 9.53 Å². The van der Waals surface area contributed by atoms with Gasteiger partial charge in [-0.15, -0.1) is 11.8 Å². The summed E-state index contributed by atoms with van der Waals surface area (Å²) < 4.78 is 5.40. The van der Waals surface area contributed by atoms with Crippen LogP contribution < -0.4 is 10.2 Å². The van der Waals surface area contributed by atoms with Gasteiger partial charge in [-0.05, 0) is 42.8 Å². The minimum absolute atomic E-state index is 0.00909. The first kappa shape index (κ1) is 16.8. The van der Waals surface area contributed by atoms with Crippen molar-refractivity contribution in [3.63, 3.8) is 0 Å². The van der Waals surface area contributed by atoms with Gasteiger partial charge in [0.15, 0.2) is 0 Å². The van der Waals surface area contributed by atoms with Crippen LogP contribution in [0.4, 0.5) is 11.4 Å². The molecule has 126 valence electrons. The Morgan fingerprint density at radius 2 is 2.04 bits per heavy atom. The zero-order valence-corrected chi connectivity index (χ0v) is 14.5. The minimum atomic E-state index is -0.00909. The van der Waals surface area contributed by atoms with Crippen molar-refractivity contribution in [2.24, 2.45) is 0 Å².